The summed E-state index contributed by atoms with van der Waals surface area (Å²) in [5.41, 5.74) is -1.89. The minimum atomic E-state index is -1.67. The molecule has 0 radical (unpaired) electrons. The van der Waals surface area contributed by atoms with Crippen LogP contribution < -0.4 is 5.32 Å². The highest BCUT2D eigenvalue weighted by molar-refractivity contribution is 5.96. The predicted octanol–water partition coefficient (Wildman–Crippen LogP) is 2.59. The molecule has 1 amide bonds. The highest BCUT2D eigenvalue weighted by Crippen LogP contribution is 2.22. The molecule has 0 aliphatic carbocycles. The first-order valence-corrected chi connectivity index (χ1v) is 4.66. The SMILES string of the molecule is CC(C)(C#N)C(=O)Nc1ccc(F)c(F)c1F. The average molecular weight is 242 g/mol. The van der Waals surface area contributed by atoms with Gasteiger partial charge >= 0.3 is 0 Å². The van der Waals surface area contributed by atoms with Crippen molar-refractivity contribution in [2.45, 2.75) is 13.8 Å². The van der Waals surface area contributed by atoms with E-state index in [2.05, 4.69) is 0 Å². The predicted molar refractivity (Wildman–Crippen MR) is 54.3 cm³/mol. The molecule has 1 aromatic rings. The van der Waals surface area contributed by atoms with Gasteiger partial charge < -0.3 is 5.32 Å². The van der Waals surface area contributed by atoms with Crippen LogP contribution in [0.4, 0.5) is 18.9 Å². The lowest BCUT2D eigenvalue weighted by Gasteiger charge is -2.15. The van der Waals surface area contributed by atoms with Crippen LogP contribution in [-0.4, -0.2) is 5.91 Å². The molecule has 0 aliphatic rings. The molecule has 0 saturated heterocycles. The van der Waals surface area contributed by atoms with Crippen molar-refractivity contribution in [3.05, 3.63) is 29.6 Å². The summed E-state index contributed by atoms with van der Waals surface area (Å²) in [4.78, 5) is 11.5. The van der Waals surface area contributed by atoms with E-state index in [1.165, 1.54) is 13.8 Å². The number of rotatable bonds is 2. The van der Waals surface area contributed by atoms with Crippen LogP contribution in [0.25, 0.3) is 0 Å². The maximum absolute atomic E-state index is 13.2. The number of amides is 1. The van der Waals surface area contributed by atoms with E-state index in [9.17, 15) is 18.0 Å². The topological polar surface area (TPSA) is 52.9 Å². The first-order valence-electron chi connectivity index (χ1n) is 4.66. The average Bonchev–Trinajstić information content (AvgIpc) is 2.29. The third-order valence-electron chi connectivity index (χ3n) is 2.13. The van der Waals surface area contributed by atoms with Crippen molar-refractivity contribution in [3.63, 3.8) is 0 Å². The molecule has 0 aliphatic heterocycles. The number of nitrogens with zero attached hydrogens (tertiary/aromatic N) is 1. The molecule has 0 atom stereocenters. The first kappa shape index (κ1) is 13.0. The fourth-order valence-electron chi connectivity index (χ4n) is 0.952. The molecule has 0 saturated carbocycles. The summed E-state index contributed by atoms with van der Waals surface area (Å²) in [6, 6.07) is 3.28. The largest absolute Gasteiger partial charge is 0.322 e. The van der Waals surface area contributed by atoms with Gasteiger partial charge in [0.05, 0.1) is 11.8 Å². The zero-order chi connectivity index (χ0) is 13.2. The third kappa shape index (κ3) is 2.56. The number of carbonyl (C=O) groups excluding carboxylic acids is 1. The second-order valence-corrected chi connectivity index (χ2v) is 3.91. The fraction of sp³-hybridized carbons (Fsp3) is 0.273. The highest BCUT2D eigenvalue weighted by Gasteiger charge is 2.28. The Morgan fingerprint density at radius 1 is 1.29 bits per heavy atom. The first-order chi connectivity index (χ1) is 7.79. The van der Waals surface area contributed by atoms with Gasteiger partial charge in [-0.15, -0.1) is 0 Å². The van der Waals surface area contributed by atoms with Crippen LogP contribution in [0.15, 0.2) is 12.1 Å². The standard InChI is InChI=1S/C11H9F3N2O/c1-11(2,5-15)10(17)16-7-4-3-6(12)8(13)9(7)14/h3-4H,1-2H3,(H,16,17). The smallest absolute Gasteiger partial charge is 0.244 e. The van der Waals surface area contributed by atoms with E-state index in [1.807, 2.05) is 5.32 Å². The fourth-order valence-corrected chi connectivity index (χ4v) is 0.952. The van der Waals surface area contributed by atoms with E-state index >= 15 is 0 Å². The van der Waals surface area contributed by atoms with Crippen LogP contribution in [0.1, 0.15) is 13.8 Å². The Labute approximate surface area is 95.9 Å². The molecule has 1 aromatic carbocycles. The maximum Gasteiger partial charge on any atom is 0.244 e. The Morgan fingerprint density at radius 2 is 1.88 bits per heavy atom. The highest BCUT2D eigenvalue weighted by atomic mass is 19.2. The molecule has 1 N–H and O–H groups in total. The number of nitriles is 1. The number of benzene rings is 1. The Kier molecular flexibility index (Phi) is 3.42. The summed E-state index contributed by atoms with van der Waals surface area (Å²) >= 11 is 0. The Balaban J connectivity index is 3.03. The van der Waals surface area contributed by atoms with Gasteiger partial charge in [-0.2, -0.15) is 5.26 Å². The van der Waals surface area contributed by atoms with E-state index in [0.29, 0.717) is 6.07 Å². The molecule has 0 aromatic heterocycles. The van der Waals surface area contributed by atoms with Crippen molar-refractivity contribution in [3.8, 4) is 6.07 Å². The maximum atomic E-state index is 13.2. The van der Waals surface area contributed by atoms with Crippen LogP contribution in [0.5, 0.6) is 0 Å². The summed E-state index contributed by atoms with van der Waals surface area (Å²) in [5.74, 6) is -5.31. The molecule has 3 nitrogen and oxygen atoms in total. The van der Waals surface area contributed by atoms with Gasteiger partial charge in [0.25, 0.3) is 0 Å². The summed E-state index contributed by atoms with van der Waals surface area (Å²) in [6.07, 6.45) is 0. The molecule has 0 unspecified atom stereocenters. The van der Waals surface area contributed by atoms with Crippen molar-refractivity contribution in [2.75, 3.05) is 5.32 Å². The van der Waals surface area contributed by atoms with Crippen LogP contribution in [-0.2, 0) is 4.79 Å². The van der Waals surface area contributed by atoms with Gasteiger partial charge in [-0.05, 0) is 26.0 Å². The molecule has 1 rings (SSSR count). The minimum absolute atomic E-state index is 0.503. The summed E-state index contributed by atoms with van der Waals surface area (Å²) in [7, 11) is 0. The number of hydrogen-bond acceptors (Lipinski definition) is 2. The molecule has 90 valence electrons. The van der Waals surface area contributed by atoms with Crippen molar-refractivity contribution in [1.29, 1.82) is 5.26 Å². The van der Waals surface area contributed by atoms with E-state index in [0.717, 1.165) is 6.07 Å². The Morgan fingerprint density at radius 3 is 2.41 bits per heavy atom. The number of halogens is 3. The number of hydrogen-bond donors (Lipinski definition) is 1. The Bertz CT molecular complexity index is 506. The molecule has 17 heavy (non-hydrogen) atoms. The van der Waals surface area contributed by atoms with Crippen molar-refractivity contribution in [1.82, 2.24) is 0 Å². The Hall–Kier alpha value is -2.03. The van der Waals surface area contributed by atoms with E-state index in [4.69, 9.17) is 5.26 Å². The third-order valence-corrected chi connectivity index (χ3v) is 2.13. The van der Waals surface area contributed by atoms with Gasteiger partial charge in [0.15, 0.2) is 17.5 Å². The van der Waals surface area contributed by atoms with E-state index in [1.54, 1.807) is 6.07 Å². The molecule has 6 heteroatoms. The summed E-state index contributed by atoms with van der Waals surface area (Å²) in [6.45, 7) is 2.64. The van der Waals surface area contributed by atoms with Gasteiger partial charge in [0.2, 0.25) is 5.91 Å². The van der Waals surface area contributed by atoms with Crippen molar-refractivity contribution in [2.24, 2.45) is 5.41 Å². The van der Waals surface area contributed by atoms with Crippen LogP contribution >= 0.6 is 0 Å². The normalized spacial score (nSPS) is 10.8. The lowest BCUT2D eigenvalue weighted by atomic mass is 9.94. The molecule has 0 heterocycles. The van der Waals surface area contributed by atoms with Gasteiger partial charge in [0, 0.05) is 0 Å². The molecule has 0 fully saturated rings. The molecular formula is C11H9F3N2O. The zero-order valence-corrected chi connectivity index (χ0v) is 9.14. The number of nitrogens with one attached hydrogen (secondary N) is 1. The molecule has 0 bridgehead atoms. The molecule has 0 spiro atoms. The second-order valence-electron chi connectivity index (χ2n) is 3.91. The lowest BCUT2D eigenvalue weighted by molar-refractivity contribution is -0.121. The van der Waals surface area contributed by atoms with E-state index < -0.39 is 34.5 Å². The molecular weight excluding hydrogens is 233 g/mol. The quantitative estimate of drug-likeness (QED) is 0.810. The number of anilines is 1. The van der Waals surface area contributed by atoms with Crippen molar-refractivity contribution >= 4 is 11.6 Å². The van der Waals surface area contributed by atoms with Gasteiger partial charge in [0.1, 0.15) is 5.41 Å². The second kappa shape index (κ2) is 4.45. The minimum Gasteiger partial charge on any atom is -0.322 e. The summed E-state index contributed by atoms with van der Waals surface area (Å²) < 4.78 is 38.7. The monoisotopic (exact) mass is 242 g/mol. The number of carbonyl (C=O) groups is 1. The van der Waals surface area contributed by atoms with Crippen LogP contribution in [0.3, 0.4) is 0 Å². The van der Waals surface area contributed by atoms with Crippen LogP contribution in [0.2, 0.25) is 0 Å². The van der Waals surface area contributed by atoms with Gasteiger partial charge in [-0.25, -0.2) is 13.2 Å². The van der Waals surface area contributed by atoms with Crippen molar-refractivity contribution < 1.29 is 18.0 Å². The lowest BCUT2D eigenvalue weighted by Crippen LogP contribution is -2.29. The zero-order valence-electron chi connectivity index (χ0n) is 9.14. The van der Waals surface area contributed by atoms with Gasteiger partial charge in [-0.3, -0.25) is 4.79 Å². The van der Waals surface area contributed by atoms with E-state index in [-0.39, 0.29) is 0 Å². The summed E-state index contributed by atoms with van der Waals surface area (Å²) in [5, 5.41) is 10.7. The van der Waals surface area contributed by atoms with Gasteiger partial charge in [-0.1, -0.05) is 0 Å². The van der Waals surface area contributed by atoms with Crippen LogP contribution in [0, 0.1) is 34.2 Å².